The van der Waals surface area contributed by atoms with E-state index in [2.05, 4.69) is 15.3 Å². The summed E-state index contributed by atoms with van der Waals surface area (Å²) in [5.74, 6) is 1.09. The molecule has 1 atom stereocenters. The molecule has 3 aliphatic rings. The lowest BCUT2D eigenvalue weighted by atomic mass is 9.85. The van der Waals surface area contributed by atoms with Crippen LogP contribution >= 0.6 is 0 Å². The van der Waals surface area contributed by atoms with Crippen molar-refractivity contribution in [2.75, 3.05) is 0 Å². The highest BCUT2D eigenvalue weighted by Crippen LogP contribution is 2.34. The van der Waals surface area contributed by atoms with E-state index < -0.39 is 0 Å². The van der Waals surface area contributed by atoms with E-state index in [-0.39, 0.29) is 6.04 Å². The first kappa shape index (κ1) is 10.6. The average Bonchev–Trinajstić information content (AvgIpc) is 2.61. The lowest BCUT2D eigenvalue weighted by molar-refractivity contribution is 0.397. The van der Waals surface area contributed by atoms with Crippen LogP contribution in [0.2, 0.25) is 0 Å². The third-order valence-corrected chi connectivity index (χ3v) is 3.70. The molecule has 0 radical (unpaired) electrons. The van der Waals surface area contributed by atoms with Gasteiger partial charge in [0, 0.05) is 12.1 Å². The summed E-state index contributed by atoms with van der Waals surface area (Å²) in [5, 5.41) is 3.19. The first-order valence-electron chi connectivity index (χ1n) is 6.40. The Morgan fingerprint density at radius 1 is 1.24 bits per heavy atom. The molecule has 0 aromatic rings. The van der Waals surface area contributed by atoms with E-state index in [9.17, 15) is 0 Å². The largest absolute Gasteiger partial charge is 0.370 e. The molecule has 17 heavy (non-hydrogen) atoms. The van der Waals surface area contributed by atoms with Gasteiger partial charge in [0.05, 0.1) is 11.4 Å². The average molecular weight is 230 g/mol. The van der Waals surface area contributed by atoms with Crippen molar-refractivity contribution < 1.29 is 0 Å². The predicted molar refractivity (Wildman–Crippen MR) is 69.8 cm³/mol. The molecular formula is C13H18N4. The molecule has 3 rings (SSSR count). The highest BCUT2D eigenvalue weighted by molar-refractivity contribution is 5.85. The molecule has 0 bridgehead atoms. The Kier molecular flexibility index (Phi) is 2.71. The van der Waals surface area contributed by atoms with Gasteiger partial charge in [-0.25, -0.2) is 4.99 Å². The monoisotopic (exact) mass is 230 g/mol. The molecular weight excluding hydrogens is 212 g/mol. The zero-order valence-corrected chi connectivity index (χ0v) is 9.89. The molecule has 1 fully saturated rings. The molecule has 2 heterocycles. The van der Waals surface area contributed by atoms with Crippen molar-refractivity contribution in [3.8, 4) is 0 Å². The summed E-state index contributed by atoms with van der Waals surface area (Å²) in [5.41, 5.74) is 8.02. The quantitative estimate of drug-likeness (QED) is 0.720. The minimum absolute atomic E-state index is 0.0504. The number of fused-ring (bicyclic) bond motifs is 1. The van der Waals surface area contributed by atoms with Gasteiger partial charge in [0.2, 0.25) is 0 Å². The zero-order valence-electron chi connectivity index (χ0n) is 9.89. The fourth-order valence-corrected chi connectivity index (χ4v) is 2.86. The maximum Gasteiger partial charge on any atom is 0.193 e. The number of allylic oxidation sites excluding steroid dienone is 2. The Hall–Kier alpha value is -1.58. The van der Waals surface area contributed by atoms with Crippen LogP contribution in [0.4, 0.5) is 0 Å². The Morgan fingerprint density at radius 3 is 2.88 bits per heavy atom. The van der Waals surface area contributed by atoms with Gasteiger partial charge in [0.15, 0.2) is 5.96 Å². The lowest BCUT2D eigenvalue weighted by Crippen LogP contribution is -2.28. The molecule has 1 aliphatic carbocycles. The third-order valence-electron chi connectivity index (χ3n) is 3.70. The Labute approximate surface area is 101 Å². The van der Waals surface area contributed by atoms with Gasteiger partial charge in [-0.05, 0) is 18.9 Å². The van der Waals surface area contributed by atoms with Gasteiger partial charge < -0.3 is 11.1 Å². The van der Waals surface area contributed by atoms with Gasteiger partial charge in [-0.15, -0.1) is 0 Å². The van der Waals surface area contributed by atoms with Crippen LogP contribution in [0.3, 0.4) is 0 Å². The van der Waals surface area contributed by atoms with Gasteiger partial charge >= 0.3 is 0 Å². The fourth-order valence-electron chi connectivity index (χ4n) is 2.86. The number of hydrogen-bond donors (Lipinski definition) is 2. The van der Waals surface area contributed by atoms with Gasteiger partial charge in [0.25, 0.3) is 0 Å². The molecule has 0 amide bonds. The van der Waals surface area contributed by atoms with Crippen LogP contribution in [0.15, 0.2) is 33.5 Å². The van der Waals surface area contributed by atoms with E-state index in [1.807, 2.05) is 18.4 Å². The van der Waals surface area contributed by atoms with Crippen molar-refractivity contribution in [1.29, 1.82) is 0 Å². The molecule has 2 aliphatic heterocycles. The highest BCUT2D eigenvalue weighted by Gasteiger charge is 2.28. The van der Waals surface area contributed by atoms with E-state index in [1.165, 1.54) is 37.8 Å². The summed E-state index contributed by atoms with van der Waals surface area (Å²) in [4.78, 5) is 8.97. The minimum atomic E-state index is 0.0504. The number of hydrogen-bond acceptors (Lipinski definition) is 4. The van der Waals surface area contributed by atoms with Crippen molar-refractivity contribution in [3.05, 3.63) is 23.5 Å². The summed E-state index contributed by atoms with van der Waals surface area (Å²) in [6.07, 6.45) is 12.3. The smallest absolute Gasteiger partial charge is 0.193 e. The van der Waals surface area contributed by atoms with E-state index in [0.29, 0.717) is 11.9 Å². The van der Waals surface area contributed by atoms with Crippen molar-refractivity contribution in [2.45, 2.75) is 38.1 Å². The number of rotatable bonds is 1. The Morgan fingerprint density at radius 2 is 2.06 bits per heavy atom. The van der Waals surface area contributed by atoms with Crippen molar-refractivity contribution in [1.82, 2.24) is 5.32 Å². The summed E-state index contributed by atoms with van der Waals surface area (Å²) >= 11 is 0. The van der Waals surface area contributed by atoms with Crippen molar-refractivity contribution in [2.24, 2.45) is 21.6 Å². The van der Waals surface area contributed by atoms with Gasteiger partial charge in [0.1, 0.15) is 6.04 Å². The molecule has 1 saturated carbocycles. The number of aliphatic imine (C=N–C) groups is 2. The van der Waals surface area contributed by atoms with E-state index in [0.717, 1.165) is 5.70 Å². The fraction of sp³-hybridized carbons (Fsp3) is 0.538. The van der Waals surface area contributed by atoms with Crippen molar-refractivity contribution >= 4 is 12.2 Å². The molecule has 4 nitrogen and oxygen atoms in total. The van der Waals surface area contributed by atoms with E-state index >= 15 is 0 Å². The number of guanidine groups is 1. The van der Waals surface area contributed by atoms with Crippen LogP contribution in [0, 0.1) is 5.92 Å². The zero-order chi connectivity index (χ0) is 11.7. The molecule has 4 heteroatoms. The maximum atomic E-state index is 5.76. The van der Waals surface area contributed by atoms with Crippen LogP contribution in [0.5, 0.6) is 0 Å². The first-order chi connectivity index (χ1) is 8.34. The maximum absolute atomic E-state index is 5.76. The highest BCUT2D eigenvalue weighted by atomic mass is 15.2. The summed E-state index contributed by atoms with van der Waals surface area (Å²) in [7, 11) is 0. The molecule has 0 aromatic heterocycles. The molecule has 0 saturated heterocycles. The topological polar surface area (TPSA) is 62.8 Å². The summed E-state index contributed by atoms with van der Waals surface area (Å²) in [6, 6.07) is 0.0504. The normalized spacial score (nSPS) is 28.7. The van der Waals surface area contributed by atoms with Gasteiger partial charge in [-0.1, -0.05) is 25.3 Å². The number of nitrogens with one attached hydrogen (secondary N) is 1. The third kappa shape index (κ3) is 1.99. The Balaban J connectivity index is 1.93. The van der Waals surface area contributed by atoms with Crippen LogP contribution in [-0.4, -0.2) is 18.2 Å². The van der Waals surface area contributed by atoms with Gasteiger partial charge in [-0.3, -0.25) is 4.99 Å². The van der Waals surface area contributed by atoms with E-state index in [4.69, 9.17) is 5.73 Å². The van der Waals surface area contributed by atoms with Crippen LogP contribution < -0.4 is 11.1 Å². The second-order valence-corrected chi connectivity index (χ2v) is 4.88. The number of nitrogens with two attached hydrogens (primary N) is 1. The lowest BCUT2D eigenvalue weighted by Gasteiger charge is -2.24. The van der Waals surface area contributed by atoms with Crippen LogP contribution in [0.1, 0.15) is 32.1 Å². The molecule has 90 valence electrons. The first-order valence-corrected chi connectivity index (χ1v) is 6.40. The summed E-state index contributed by atoms with van der Waals surface area (Å²) < 4.78 is 0. The Bertz CT molecular complexity index is 425. The van der Waals surface area contributed by atoms with Crippen LogP contribution in [-0.2, 0) is 0 Å². The molecule has 3 N–H and O–H groups in total. The number of nitrogens with zero attached hydrogens (tertiary/aromatic N) is 2. The second kappa shape index (κ2) is 4.35. The predicted octanol–water partition coefficient (Wildman–Crippen LogP) is 1.71. The summed E-state index contributed by atoms with van der Waals surface area (Å²) in [6.45, 7) is 0. The molecule has 0 spiro atoms. The minimum Gasteiger partial charge on any atom is -0.370 e. The van der Waals surface area contributed by atoms with Crippen molar-refractivity contribution in [3.63, 3.8) is 0 Å². The second-order valence-electron chi connectivity index (χ2n) is 4.88. The van der Waals surface area contributed by atoms with E-state index in [1.54, 1.807) is 0 Å². The SMILES string of the molecule is NC1=NC2C=CC=NC(C3CCCCC3)=C2N1. The molecule has 0 aromatic carbocycles. The molecule has 1 unspecified atom stereocenters. The van der Waals surface area contributed by atoms with Crippen LogP contribution in [0.25, 0.3) is 0 Å². The standard InChI is InChI=1S/C13H18N4/c14-13-16-10-7-4-8-15-11(12(10)17-13)9-5-2-1-3-6-9/h4,7-10H,1-3,5-6H2,(H3,14,16,17). The van der Waals surface area contributed by atoms with Gasteiger partial charge in [-0.2, -0.15) is 0 Å².